The van der Waals surface area contributed by atoms with Gasteiger partial charge in [-0.3, -0.25) is 4.79 Å². The van der Waals surface area contributed by atoms with Crippen molar-refractivity contribution in [3.63, 3.8) is 0 Å². The van der Waals surface area contributed by atoms with Crippen LogP contribution in [0, 0.1) is 5.92 Å². The van der Waals surface area contributed by atoms with Crippen LogP contribution in [-0.4, -0.2) is 39.0 Å². The number of carbonyl (C=O) groups is 1. The Labute approximate surface area is 152 Å². The van der Waals surface area contributed by atoms with Crippen molar-refractivity contribution in [2.45, 2.75) is 25.4 Å². The average molecular weight is 349 g/mol. The summed E-state index contributed by atoms with van der Waals surface area (Å²) in [5.74, 6) is 0.348. The number of likely N-dealkylation sites (tertiary alicyclic amines) is 1. The van der Waals surface area contributed by atoms with Gasteiger partial charge in [0.05, 0.1) is 12.5 Å². The van der Waals surface area contributed by atoms with Crippen LogP contribution in [0.15, 0.2) is 54.9 Å². The molecule has 1 atom stereocenters. The maximum absolute atomic E-state index is 12.7. The molecule has 1 unspecified atom stereocenters. The van der Waals surface area contributed by atoms with E-state index < -0.39 is 6.10 Å². The van der Waals surface area contributed by atoms with Crippen LogP contribution in [0.3, 0.4) is 0 Å². The lowest BCUT2D eigenvalue weighted by atomic mass is 9.87. The standard InChI is InChI=1S/C21H23N3O2/c25-19(13-17-14-23-21-18(17)7-4-10-22-21)24-11-8-16(9-12-24)20(26)15-5-2-1-3-6-15/h1-7,10,14,16,20,26H,8-9,11-13H2,(H,22,23). The first-order chi connectivity index (χ1) is 12.7. The van der Waals surface area contributed by atoms with E-state index in [1.54, 1.807) is 6.20 Å². The highest BCUT2D eigenvalue weighted by Crippen LogP contribution is 2.31. The maximum atomic E-state index is 12.7. The van der Waals surface area contributed by atoms with Crippen molar-refractivity contribution in [3.05, 3.63) is 66.0 Å². The second kappa shape index (κ2) is 7.30. The molecular weight excluding hydrogens is 326 g/mol. The minimum Gasteiger partial charge on any atom is -0.388 e. The molecule has 4 rings (SSSR count). The zero-order valence-electron chi connectivity index (χ0n) is 14.6. The summed E-state index contributed by atoms with van der Waals surface area (Å²) in [5.41, 5.74) is 2.77. The van der Waals surface area contributed by atoms with Crippen molar-refractivity contribution in [1.82, 2.24) is 14.9 Å². The Bertz CT molecular complexity index is 882. The number of fused-ring (bicyclic) bond motifs is 1. The van der Waals surface area contributed by atoms with E-state index in [0.717, 1.165) is 35.0 Å². The molecule has 2 aromatic heterocycles. The lowest BCUT2D eigenvalue weighted by molar-refractivity contribution is -0.132. The number of nitrogens with one attached hydrogen (secondary N) is 1. The van der Waals surface area contributed by atoms with Gasteiger partial charge in [-0.15, -0.1) is 0 Å². The predicted octanol–water partition coefficient (Wildman–Crippen LogP) is 3.08. The summed E-state index contributed by atoms with van der Waals surface area (Å²) >= 11 is 0. The normalized spacial score (nSPS) is 16.7. The summed E-state index contributed by atoms with van der Waals surface area (Å²) in [5, 5.41) is 11.6. The topological polar surface area (TPSA) is 69.2 Å². The molecule has 26 heavy (non-hydrogen) atoms. The van der Waals surface area contributed by atoms with Crippen molar-refractivity contribution < 1.29 is 9.90 Å². The Kier molecular flexibility index (Phi) is 4.71. The number of carbonyl (C=O) groups excluding carboxylic acids is 1. The maximum Gasteiger partial charge on any atom is 0.227 e. The van der Waals surface area contributed by atoms with E-state index in [1.807, 2.05) is 53.6 Å². The second-order valence-corrected chi connectivity index (χ2v) is 6.96. The molecule has 3 heterocycles. The molecule has 5 heteroatoms. The van der Waals surface area contributed by atoms with Crippen LogP contribution < -0.4 is 0 Å². The second-order valence-electron chi connectivity index (χ2n) is 6.96. The van der Waals surface area contributed by atoms with Gasteiger partial charge in [0.15, 0.2) is 0 Å². The minimum absolute atomic E-state index is 0.141. The van der Waals surface area contributed by atoms with Gasteiger partial charge in [-0.2, -0.15) is 0 Å². The zero-order valence-corrected chi connectivity index (χ0v) is 14.6. The van der Waals surface area contributed by atoms with Gasteiger partial charge in [0.25, 0.3) is 0 Å². The number of aliphatic hydroxyl groups is 1. The van der Waals surface area contributed by atoms with Crippen LogP contribution in [0.4, 0.5) is 0 Å². The number of benzene rings is 1. The smallest absolute Gasteiger partial charge is 0.227 e. The number of piperidine rings is 1. The number of H-pyrrole nitrogens is 1. The molecule has 0 spiro atoms. The van der Waals surface area contributed by atoms with Crippen LogP contribution in [0.5, 0.6) is 0 Å². The minimum atomic E-state index is -0.451. The highest BCUT2D eigenvalue weighted by Gasteiger charge is 2.28. The average Bonchev–Trinajstić information content (AvgIpc) is 3.11. The van der Waals surface area contributed by atoms with Gasteiger partial charge in [0.2, 0.25) is 5.91 Å². The van der Waals surface area contributed by atoms with E-state index in [1.165, 1.54) is 0 Å². The molecule has 3 aromatic rings. The lowest BCUT2D eigenvalue weighted by Gasteiger charge is -2.34. The Morgan fingerprint density at radius 1 is 1.19 bits per heavy atom. The van der Waals surface area contributed by atoms with Gasteiger partial charge in [0, 0.05) is 30.9 Å². The molecular formula is C21H23N3O2. The molecule has 1 aliphatic rings. The van der Waals surface area contributed by atoms with Crippen molar-refractivity contribution >= 4 is 16.9 Å². The van der Waals surface area contributed by atoms with Crippen LogP contribution >= 0.6 is 0 Å². The summed E-state index contributed by atoms with van der Waals surface area (Å²) in [6.45, 7) is 1.40. The summed E-state index contributed by atoms with van der Waals surface area (Å²) in [6, 6.07) is 13.7. The van der Waals surface area contributed by atoms with Crippen LogP contribution in [-0.2, 0) is 11.2 Å². The van der Waals surface area contributed by atoms with Gasteiger partial charge in [-0.25, -0.2) is 4.98 Å². The SMILES string of the molecule is O=C(Cc1c[nH]c2ncccc12)N1CCC(C(O)c2ccccc2)CC1. The Hall–Kier alpha value is -2.66. The molecule has 1 saturated heterocycles. The van der Waals surface area contributed by atoms with Crippen LogP contribution in [0.2, 0.25) is 0 Å². The monoisotopic (exact) mass is 349 g/mol. The number of hydrogen-bond donors (Lipinski definition) is 2. The van der Waals surface area contributed by atoms with Gasteiger partial charge >= 0.3 is 0 Å². The van der Waals surface area contributed by atoms with E-state index >= 15 is 0 Å². The number of aliphatic hydroxyl groups excluding tert-OH is 1. The predicted molar refractivity (Wildman–Crippen MR) is 101 cm³/mol. The quantitative estimate of drug-likeness (QED) is 0.760. The molecule has 0 bridgehead atoms. The molecule has 1 aromatic carbocycles. The van der Waals surface area contributed by atoms with Crippen molar-refractivity contribution in [1.29, 1.82) is 0 Å². The molecule has 134 valence electrons. The summed E-state index contributed by atoms with van der Waals surface area (Å²) in [7, 11) is 0. The third kappa shape index (κ3) is 3.35. The van der Waals surface area contributed by atoms with E-state index in [4.69, 9.17) is 0 Å². The summed E-state index contributed by atoms with van der Waals surface area (Å²) in [4.78, 5) is 22.0. The van der Waals surface area contributed by atoms with Gasteiger partial charge < -0.3 is 15.0 Å². The number of aromatic amines is 1. The highest BCUT2D eigenvalue weighted by atomic mass is 16.3. The van der Waals surface area contributed by atoms with Gasteiger partial charge in [0.1, 0.15) is 5.65 Å². The number of rotatable bonds is 4. The fourth-order valence-corrected chi connectivity index (χ4v) is 3.82. The summed E-state index contributed by atoms with van der Waals surface area (Å²) in [6.07, 6.45) is 5.22. The Morgan fingerprint density at radius 3 is 2.73 bits per heavy atom. The third-order valence-corrected chi connectivity index (χ3v) is 5.36. The van der Waals surface area contributed by atoms with Crippen molar-refractivity contribution in [2.24, 2.45) is 5.92 Å². The lowest BCUT2D eigenvalue weighted by Crippen LogP contribution is -2.40. The first-order valence-electron chi connectivity index (χ1n) is 9.14. The molecule has 1 amide bonds. The fraction of sp³-hybridized carbons (Fsp3) is 0.333. The molecule has 0 saturated carbocycles. The number of amides is 1. The van der Waals surface area contributed by atoms with E-state index in [2.05, 4.69) is 9.97 Å². The van der Waals surface area contributed by atoms with Crippen molar-refractivity contribution in [2.75, 3.05) is 13.1 Å². The first kappa shape index (κ1) is 16.8. The van der Waals surface area contributed by atoms with E-state index in [-0.39, 0.29) is 11.8 Å². The number of pyridine rings is 1. The molecule has 1 fully saturated rings. The fourth-order valence-electron chi connectivity index (χ4n) is 3.82. The third-order valence-electron chi connectivity index (χ3n) is 5.36. The number of nitrogens with zero attached hydrogens (tertiary/aromatic N) is 2. The molecule has 0 aliphatic carbocycles. The largest absolute Gasteiger partial charge is 0.388 e. The van der Waals surface area contributed by atoms with Crippen LogP contribution in [0.25, 0.3) is 11.0 Å². The number of hydrogen-bond acceptors (Lipinski definition) is 3. The highest BCUT2D eigenvalue weighted by molar-refractivity contribution is 5.87. The van der Waals surface area contributed by atoms with E-state index in [0.29, 0.717) is 19.5 Å². The zero-order chi connectivity index (χ0) is 17.9. The van der Waals surface area contributed by atoms with Crippen LogP contribution in [0.1, 0.15) is 30.1 Å². The van der Waals surface area contributed by atoms with E-state index in [9.17, 15) is 9.90 Å². The molecule has 1 aliphatic heterocycles. The van der Waals surface area contributed by atoms with Gasteiger partial charge in [-0.1, -0.05) is 30.3 Å². The van der Waals surface area contributed by atoms with Crippen molar-refractivity contribution in [3.8, 4) is 0 Å². The molecule has 2 N–H and O–H groups in total. The van der Waals surface area contributed by atoms with Gasteiger partial charge in [-0.05, 0) is 42.0 Å². The Balaban J connectivity index is 1.36. The number of aromatic nitrogens is 2. The Morgan fingerprint density at radius 2 is 1.96 bits per heavy atom. The summed E-state index contributed by atoms with van der Waals surface area (Å²) < 4.78 is 0. The molecule has 5 nitrogen and oxygen atoms in total. The molecule has 0 radical (unpaired) electrons. The first-order valence-corrected chi connectivity index (χ1v) is 9.14.